The molecule has 1 atom stereocenters. The molecule has 7 nitrogen and oxygen atoms in total. The van der Waals surface area contributed by atoms with E-state index in [1.165, 1.54) is 12.4 Å². The predicted octanol–water partition coefficient (Wildman–Crippen LogP) is 3.88. The molecular weight excluding hydrogens is 390 g/mol. The standard InChI is InChI=1S/C24H23N5O2/c1-2-22(30)29-13-12-18(15-29)28-24-21(14-26-16-27-24)23(25)17-8-10-20(11-9-17)31-19-6-4-3-5-7-19/h2-11,14,16,18,25H,1,12-13,15H2,(H,26,27,28). The molecule has 156 valence electrons. The molecule has 1 saturated heterocycles. The average Bonchev–Trinajstić information content (AvgIpc) is 3.28. The zero-order chi connectivity index (χ0) is 21.6. The Hall–Kier alpha value is -4.00. The van der Waals surface area contributed by atoms with Crippen molar-refractivity contribution >= 4 is 17.4 Å². The summed E-state index contributed by atoms with van der Waals surface area (Å²) in [5.41, 5.74) is 1.65. The van der Waals surface area contributed by atoms with Crippen molar-refractivity contribution in [2.45, 2.75) is 12.5 Å². The molecule has 1 aromatic heterocycles. The second-order valence-electron chi connectivity index (χ2n) is 7.22. The summed E-state index contributed by atoms with van der Waals surface area (Å²) in [4.78, 5) is 22.0. The number of carbonyl (C=O) groups excluding carboxylic acids is 1. The molecule has 2 N–H and O–H groups in total. The van der Waals surface area contributed by atoms with E-state index in [-0.39, 0.29) is 11.9 Å². The predicted molar refractivity (Wildman–Crippen MR) is 120 cm³/mol. The van der Waals surface area contributed by atoms with Crippen LogP contribution in [0.3, 0.4) is 0 Å². The van der Waals surface area contributed by atoms with E-state index in [0.29, 0.717) is 35.9 Å². The Morgan fingerprint density at radius 2 is 1.90 bits per heavy atom. The van der Waals surface area contributed by atoms with Gasteiger partial charge in [0, 0.05) is 30.9 Å². The van der Waals surface area contributed by atoms with Gasteiger partial charge in [-0.3, -0.25) is 10.2 Å². The van der Waals surface area contributed by atoms with Crippen LogP contribution in [-0.4, -0.2) is 45.6 Å². The minimum absolute atomic E-state index is 0.0620. The molecule has 1 aliphatic rings. The van der Waals surface area contributed by atoms with Gasteiger partial charge in [0.2, 0.25) is 5.91 Å². The van der Waals surface area contributed by atoms with Gasteiger partial charge in [0.15, 0.2) is 0 Å². The van der Waals surface area contributed by atoms with Gasteiger partial charge in [-0.15, -0.1) is 0 Å². The lowest BCUT2D eigenvalue weighted by atomic mass is 10.0. The third kappa shape index (κ3) is 4.78. The van der Waals surface area contributed by atoms with Crippen molar-refractivity contribution in [3.8, 4) is 11.5 Å². The molecule has 2 heterocycles. The summed E-state index contributed by atoms with van der Waals surface area (Å²) in [6.45, 7) is 4.79. The van der Waals surface area contributed by atoms with Crippen molar-refractivity contribution in [1.29, 1.82) is 5.41 Å². The molecule has 7 heteroatoms. The van der Waals surface area contributed by atoms with E-state index in [0.717, 1.165) is 17.7 Å². The van der Waals surface area contributed by atoms with Crippen LogP contribution >= 0.6 is 0 Å². The first-order valence-electron chi connectivity index (χ1n) is 10.0. The van der Waals surface area contributed by atoms with E-state index in [9.17, 15) is 4.79 Å². The Bertz CT molecular complexity index is 1080. The van der Waals surface area contributed by atoms with E-state index in [1.54, 1.807) is 11.1 Å². The number of hydrogen-bond donors (Lipinski definition) is 2. The van der Waals surface area contributed by atoms with E-state index < -0.39 is 0 Å². The van der Waals surface area contributed by atoms with E-state index in [1.807, 2.05) is 54.6 Å². The summed E-state index contributed by atoms with van der Waals surface area (Å²) in [5.74, 6) is 1.97. The average molecular weight is 413 g/mol. The maximum Gasteiger partial charge on any atom is 0.246 e. The number of nitrogens with one attached hydrogen (secondary N) is 2. The maximum absolute atomic E-state index is 11.8. The number of likely N-dealkylation sites (tertiary alicyclic amines) is 1. The van der Waals surface area contributed by atoms with Gasteiger partial charge in [-0.25, -0.2) is 9.97 Å². The van der Waals surface area contributed by atoms with Crippen LogP contribution in [0, 0.1) is 5.41 Å². The summed E-state index contributed by atoms with van der Waals surface area (Å²) in [6.07, 6.45) is 5.23. The molecule has 31 heavy (non-hydrogen) atoms. The molecule has 0 radical (unpaired) electrons. The van der Waals surface area contributed by atoms with E-state index in [4.69, 9.17) is 10.1 Å². The summed E-state index contributed by atoms with van der Waals surface area (Å²) in [6, 6.07) is 17.0. The van der Waals surface area contributed by atoms with Gasteiger partial charge in [-0.1, -0.05) is 24.8 Å². The van der Waals surface area contributed by atoms with Crippen molar-refractivity contribution in [1.82, 2.24) is 14.9 Å². The van der Waals surface area contributed by atoms with Crippen LogP contribution in [0.5, 0.6) is 11.5 Å². The lowest BCUT2D eigenvalue weighted by molar-refractivity contribution is -0.125. The van der Waals surface area contributed by atoms with Crippen molar-refractivity contribution in [2.24, 2.45) is 0 Å². The van der Waals surface area contributed by atoms with Gasteiger partial charge < -0.3 is 15.0 Å². The number of carbonyl (C=O) groups is 1. The molecule has 1 amide bonds. The summed E-state index contributed by atoms with van der Waals surface area (Å²) in [5, 5.41) is 12.0. The van der Waals surface area contributed by atoms with Crippen LogP contribution in [-0.2, 0) is 4.79 Å². The number of hydrogen-bond acceptors (Lipinski definition) is 6. The van der Waals surface area contributed by atoms with Crippen LogP contribution in [0.1, 0.15) is 17.5 Å². The van der Waals surface area contributed by atoms with Crippen LogP contribution in [0.25, 0.3) is 0 Å². The molecule has 0 saturated carbocycles. The van der Waals surface area contributed by atoms with Crippen LogP contribution in [0.2, 0.25) is 0 Å². The SMILES string of the molecule is C=CC(=O)N1CCC(Nc2ncncc2C(=N)c2ccc(Oc3ccccc3)cc2)C1. The first-order valence-corrected chi connectivity index (χ1v) is 10.0. The van der Waals surface area contributed by atoms with Gasteiger partial charge in [0.1, 0.15) is 23.6 Å². The molecule has 0 aliphatic carbocycles. The Morgan fingerprint density at radius 3 is 2.65 bits per heavy atom. The summed E-state index contributed by atoms with van der Waals surface area (Å²) in [7, 11) is 0. The lowest BCUT2D eigenvalue weighted by Gasteiger charge is -2.17. The zero-order valence-corrected chi connectivity index (χ0v) is 17.0. The third-order valence-electron chi connectivity index (χ3n) is 5.12. The molecule has 1 fully saturated rings. The fourth-order valence-electron chi connectivity index (χ4n) is 3.50. The highest BCUT2D eigenvalue weighted by molar-refractivity contribution is 6.13. The van der Waals surface area contributed by atoms with Gasteiger partial charge in [-0.2, -0.15) is 0 Å². The fourth-order valence-corrected chi connectivity index (χ4v) is 3.50. The van der Waals surface area contributed by atoms with Crippen molar-refractivity contribution in [3.05, 3.63) is 90.9 Å². The first-order chi connectivity index (χ1) is 15.1. The maximum atomic E-state index is 11.8. The topological polar surface area (TPSA) is 91.2 Å². The number of para-hydroxylation sites is 1. The Balaban J connectivity index is 1.47. The fraction of sp³-hybridized carbons (Fsp3) is 0.167. The normalized spacial score (nSPS) is 15.4. The van der Waals surface area contributed by atoms with Gasteiger partial charge >= 0.3 is 0 Å². The van der Waals surface area contributed by atoms with E-state index >= 15 is 0 Å². The largest absolute Gasteiger partial charge is 0.457 e. The minimum Gasteiger partial charge on any atom is -0.457 e. The third-order valence-corrected chi connectivity index (χ3v) is 5.12. The molecule has 0 bridgehead atoms. The smallest absolute Gasteiger partial charge is 0.246 e. The van der Waals surface area contributed by atoms with Crippen molar-refractivity contribution < 1.29 is 9.53 Å². The highest BCUT2D eigenvalue weighted by atomic mass is 16.5. The van der Waals surface area contributed by atoms with Crippen LogP contribution < -0.4 is 10.1 Å². The number of ether oxygens (including phenoxy) is 1. The molecular formula is C24H23N5O2. The second kappa shape index (κ2) is 9.21. The highest BCUT2D eigenvalue weighted by Crippen LogP contribution is 2.24. The molecule has 2 aromatic carbocycles. The monoisotopic (exact) mass is 413 g/mol. The Labute approximate surface area is 180 Å². The first kappa shape index (κ1) is 20.3. The lowest BCUT2D eigenvalue weighted by Crippen LogP contribution is -2.30. The number of benzene rings is 2. The number of rotatable bonds is 7. The molecule has 4 rings (SSSR count). The number of nitrogens with zero attached hydrogens (tertiary/aromatic N) is 3. The summed E-state index contributed by atoms with van der Waals surface area (Å²) < 4.78 is 5.82. The summed E-state index contributed by atoms with van der Waals surface area (Å²) >= 11 is 0. The molecule has 1 unspecified atom stereocenters. The quantitative estimate of drug-likeness (QED) is 0.453. The Kier molecular flexibility index (Phi) is 6.03. The number of amides is 1. The molecule has 0 spiro atoms. The number of anilines is 1. The molecule has 1 aliphatic heterocycles. The van der Waals surface area contributed by atoms with Gasteiger partial charge in [0.25, 0.3) is 0 Å². The number of aromatic nitrogens is 2. The van der Waals surface area contributed by atoms with Crippen LogP contribution in [0.15, 0.2) is 79.8 Å². The highest BCUT2D eigenvalue weighted by Gasteiger charge is 2.26. The van der Waals surface area contributed by atoms with Crippen molar-refractivity contribution in [2.75, 3.05) is 18.4 Å². The minimum atomic E-state index is -0.0715. The molecule has 3 aromatic rings. The van der Waals surface area contributed by atoms with E-state index in [2.05, 4.69) is 21.9 Å². The van der Waals surface area contributed by atoms with Crippen LogP contribution in [0.4, 0.5) is 5.82 Å². The van der Waals surface area contributed by atoms with Gasteiger partial charge in [-0.05, 0) is 48.9 Å². The second-order valence-corrected chi connectivity index (χ2v) is 7.22. The zero-order valence-electron chi connectivity index (χ0n) is 17.0. The Morgan fingerprint density at radius 1 is 1.16 bits per heavy atom. The van der Waals surface area contributed by atoms with Gasteiger partial charge in [0.05, 0.1) is 11.3 Å². The van der Waals surface area contributed by atoms with Crippen molar-refractivity contribution in [3.63, 3.8) is 0 Å².